The van der Waals surface area contributed by atoms with Gasteiger partial charge < -0.3 is 26.5 Å². The smallest absolute Gasteiger partial charge is 0.414 e. The maximum atomic E-state index is 11.7. The summed E-state index contributed by atoms with van der Waals surface area (Å²) in [6, 6.07) is 8.08. The highest BCUT2D eigenvalue weighted by Gasteiger charge is 2.21. The van der Waals surface area contributed by atoms with Crippen LogP contribution in [0.4, 0.5) is 4.79 Å². The van der Waals surface area contributed by atoms with E-state index in [9.17, 15) is 4.79 Å². The number of amides is 1. The molecule has 0 spiro atoms. The van der Waals surface area contributed by atoms with Crippen LogP contribution >= 0.6 is 0 Å². The summed E-state index contributed by atoms with van der Waals surface area (Å²) < 4.78 is 6.18. The Kier molecular flexibility index (Phi) is 7.03. The van der Waals surface area contributed by atoms with Crippen molar-refractivity contribution in [2.45, 2.75) is 19.9 Å². The van der Waals surface area contributed by atoms with Crippen LogP contribution in [0, 0.1) is 0 Å². The van der Waals surface area contributed by atoms with Crippen LogP contribution in [0.2, 0.25) is 0 Å². The first-order valence-electron chi connectivity index (χ1n) is 6.59. The molecule has 0 aliphatic carbocycles. The van der Waals surface area contributed by atoms with E-state index in [2.05, 4.69) is 34.1 Å². The molecule has 0 aliphatic heterocycles. The van der Waals surface area contributed by atoms with Crippen molar-refractivity contribution in [1.82, 2.24) is 4.90 Å². The summed E-state index contributed by atoms with van der Waals surface area (Å²) in [5.41, 5.74) is 1.16. The van der Waals surface area contributed by atoms with Crippen LogP contribution in [0.1, 0.15) is 25.5 Å². The Hall–Kier alpha value is -1.26. The van der Waals surface area contributed by atoms with Crippen LogP contribution < -0.4 is 17.1 Å². The van der Waals surface area contributed by atoms with E-state index in [0.29, 0.717) is 18.3 Å². The Morgan fingerprint density at radius 2 is 1.95 bits per heavy atom. The summed E-state index contributed by atoms with van der Waals surface area (Å²) >= 11 is 0. The van der Waals surface area contributed by atoms with Gasteiger partial charge >= 0.3 is 6.09 Å². The van der Waals surface area contributed by atoms with E-state index in [1.807, 2.05) is 25.1 Å². The number of hydrogen-bond donors (Lipinski definition) is 0. The number of carbonyl (C=O) groups is 1. The van der Waals surface area contributed by atoms with Crippen molar-refractivity contribution in [3.63, 3.8) is 0 Å². The number of ether oxygens (including phenoxy) is 1. The number of benzene rings is 1. The Bertz CT molecular complexity index is 444. The minimum Gasteiger partial charge on any atom is -1.00 e. The standard InChI is InChI=1S/C15H25N2O2.ClH/c1-7-16(3)15(18)19-14-10-8-9-13(11-14)12(2)17(4,5)6;/h8-12H,7H2,1-6H3;1H/q+1;/p-1/t12-;/m1./s1. The molecule has 1 aromatic rings. The van der Waals surface area contributed by atoms with Crippen molar-refractivity contribution < 1.29 is 26.4 Å². The van der Waals surface area contributed by atoms with Gasteiger partial charge in [0.2, 0.25) is 0 Å². The fourth-order valence-corrected chi connectivity index (χ4v) is 1.59. The lowest BCUT2D eigenvalue weighted by atomic mass is 10.1. The van der Waals surface area contributed by atoms with E-state index in [1.165, 1.54) is 4.90 Å². The number of carbonyl (C=O) groups excluding carboxylic acids is 1. The zero-order chi connectivity index (χ0) is 14.6. The third-order valence-electron chi connectivity index (χ3n) is 3.49. The number of quaternary nitrogens is 1. The molecule has 0 radical (unpaired) electrons. The predicted molar refractivity (Wildman–Crippen MR) is 77.2 cm³/mol. The molecule has 1 amide bonds. The van der Waals surface area contributed by atoms with Gasteiger partial charge in [-0.25, -0.2) is 4.79 Å². The molecular formula is C15H25ClN2O2. The first kappa shape index (κ1) is 18.7. The van der Waals surface area contributed by atoms with Gasteiger partial charge in [-0.15, -0.1) is 0 Å². The highest BCUT2D eigenvalue weighted by molar-refractivity contribution is 5.70. The van der Waals surface area contributed by atoms with Gasteiger partial charge in [0.25, 0.3) is 0 Å². The Balaban J connectivity index is 0.00000361. The molecule has 5 heteroatoms. The molecule has 0 saturated heterocycles. The van der Waals surface area contributed by atoms with Crippen LogP contribution in [0.3, 0.4) is 0 Å². The molecule has 4 nitrogen and oxygen atoms in total. The number of halogens is 1. The van der Waals surface area contributed by atoms with E-state index < -0.39 is 0 Å². The quantitative estimate of drug-likeness (QED) is 0.727. The van der Waals surface area contributed by atoms with Gasteiger partial charge in [-0.2, -0.15) is 0 Å². The first-order chi connectivity index (χ1) is 8.75. The lowest BCUT2D eigenvalue weighted by Gasteiger charge is -2.32. The van der Waals surface area contributed by atoms with Gasteiger partial charge in [-0.05, 0) is 26.0 Å². The number of nitrogens with zero attached hydrogens (tertiary/aromatic N) is 2. The lowest BCUT2D eigenvalue weighted by molar-refractivity contribution is -0.900. The molecule has 0 saturated carbocycles. The molecule has 1 rings (SSSR count). The summed E-state index contributed by atoms with van der Waals surface area (Å²) in [7, 11) is 8.16. The largest absolute Gasteiger partial charge is 1.00 e. The van der Waals surface area contributed by atoms with Crippen LogP contribution in [-0.2, 0) is 0 Å². The summed E-state index contributed by atoms with van der Waals surface area (Å²) in [6.07, 6.45) is -0.322. The topological polar surface area (TPSA) is 29.5 Å². The normalized spacial score (nSPS) is 12.3. The third-order valence-corrected chi connectivity index (χ3v) is 3.49. The molecule has 1 atom stereocenters. The average Bonchev–Trinajstić information content (AvgIpc) is 2.36. The van der Waals surface area contributed by atoms with Crippen LogP contribution in [0.5, 0.6) is 5.75 Å². The molecule has 0 N–H and O–H groups in total. The third kappa shape index (κ3) is 5.02. The molecule has 0 bridgehead atoms. The van der Waals surface area contributed by atoms with E-state index in [4.69, 9.17) is 4.74 Å². The second-order valence-electron chi connectivity index (χ2n) is 5.75. The monoisotopic (exact) mass is 300 g/mol. The molecular weight excluding hydrogens is 276 g/mol. The molecule has 0 aromatic heterocycles. The van der Waals surface area contributed by atoms with Crippen molar-refractivity contribution in [3.8, 4) is 5.75 Å². The molecule has 0 heterocycles. The van der Waals surface area contributed by atoms with Gasteiger partial charge in [-0.1, -0.05) is 12.1 Å². The molecule has 0 fully saturated rings. The van der Waals surface area contributed by atoms with Crippen molar-refractivity contribution in [1.29, 1.82) is 0 Å². The maximum Gasteiger partial charge on any atom is 0.414 e. The summed E-state index contributed by atoms with van der Waals surface area (Å²) in [5, 5.41) is 0. The summed E-state index contributed by atoms with van der Waals surface area (Å²) in [5.74, 6) is 0.600. The maximum absolute atomic E-state index is 11.7. The summed E-state index contributed by atoms with van der Waals surface area (Å²) in [4.78, 5) is 13.3. The van der Waals surface area contributed by atoms with Gasteiger partial charge in [0.1, 0.15) is 11.8 Å². The zero-order valence-corrected chi connectivity index (χ0v) is 13.9. The fourth-order valence-electron chi connectivity index (χ4n) is 1.59. The van der Waals surface area contributed by atoms with E-state index in [-0.39, 0.29) is 18.5 Å². The number of hydrogen-bond acceptors (Lipinski definition) is 2. The highest BCUT2D eigenvalue weighted by Crippen LogP contribution is 2.25. The predicted octanol–water partition coefficient (Wildman–Crippen LogP) is -0.0917. The van der Waals surface area contributed by atoms with Gasteiger partial charge in [0.05, 0.1) is 21.1 Å². The first-order valence-corrected chi connectivity index (χ1v) is 6.59. The fraction of sp³-hybridized carbons (Fsp3) is 0.533. The molecule has 0 unspecified atom stereocenters. The van der Waals surface area contributed by atoms with Crippen molar-refractivity contribution >= 4 is 6.09 Å². The minimum atomic E-state index is -0.322. The molecule has 114 valence electrons. The van der Waals surface area contributed by atoms with Crippen molar-refractivity contribution in [3.05, 3.63) is 29.8 Å². The van der Waals surface area contributed by atoms with E-state index >= 15 is 0 Å². The van der Waals surface area contributed by atoms with Crippen LogP contribution in [0.15, 0.2) is 24.3 Å². The van der Waals surface area contributed by atoms with Gasteiger partial charge in [0, 0.05) is 19.2 Å². The number of rotatable bonds is 4. The van der Waals surface area contributed by atoms with Crippen LogP contribution in [0.25, 0.3) is 0 Å². The SMILES string of the molecule is CCN(C)C(=O)Oc1cccc([C@@H](C)[N+](C)(C)C)c1.[Cl-]. The highest BCUT2D eigenvalue weighted by atomic mass is 35.5. The Morgan fingerprint density at radius 1 is 1.35 bits per heavy atom. The van der Waals surface area contributed by atoms with Crippen molar-refractivity contribution in [2.24, 2.45) is 0 Å². The molecule has 20 heavy (non-hydrogen) atoms. The lowest BCUT2D eigenvalue weighted by Crippen LogP contribution is -3.00. The Morgan fingerprint density at radius 3 is 2.45 bits per heavy atom. The summed E-state index contributed by atoms with van der Waals surface area (Å²) in [6.45, 7) is 4.71. The van der Waals surface area contributed by atoms with Gasteiger partial charge in [0.15, 0.2) is 0 Å². The Labute approximate surface area is 128 Å². The average molecular weight is 301 g/mol. The van der Waals surface area contributed by atoms with Crippen LogP contribution in [-0.4, -0.2) is 50.2 Å². The van der Waals surface area contributed by atoms with Gasteiger partial charge in [-0.3, -0.25) is 0 Å². The molecule has 0 aliphatic rings. The molecule has 1 aromatic carbocycles. The minimum absolute atomic E-state index is 0. The second-order valence-corrected chi connectivity index (χ2v) is 5.75. The second kappa shape index (κ2) is 7.50. The van der Waals surface area contributed by atoms with E-state index in [1.54, 1.807) is 7.05 Å². The zero-order valence-electron chi connectivity index (χ0n) is 13.2. The van der Waals surface area contributed by atoms with Crippen molar-refractivity contribution in [2.75, 3.05) is 34.7 Å². The van der Waals surface area contributed by atoms with E-state index in [0.717, 1.165) is 10.0 Å².